The molecule has 0 aromatic heterocycles. The number of rotatable bonds is 7. The molecule has 0 radical (unpaired) electrons. The SMILES string of the molecule is O=C(CN1CC[C@H](c2ccccc2)C1)NCCOc1ccccc1. The molecule has 1 aliphatic heterocycles. The first-order valence-corrected chi connectivity index (χ1v) is 8.53. The van der Waals surface area contributed by atoms with Crippen LogP contribution in [0.5, 0.6) is 5.75 Å². The minimum absolute atomic E-state index is 0.0698. The van der Waals surface area contributed by atoms with Gasteiger partial charge in [0.25, 0.3) is 0 Å². The molecule has 1 saturated heterocycles. The van der Waals surface area contributed by atoms with Crippen LogP contribution in [0.1, 0.15) is 17.9 Å². The van der Waals surface area contributed by atoms with Crippen LogP contribution in [-0.4, -0.2) is 43.6 Å². The summed E-state index contributed by atoms with van der Waals surface area (Å²) >= 11 is 0. The van der Waals surface area contributed by atoms with Crippen molar-refractivity contribution in [3.63, 3.8) is 0 Å². The van der Waals surface area contributed by atoms with Gasteiger partial charge in [0.05, 0.1) is 13.1 Å². The second kappa shape index (κ2) is 8.50. The van der Waals surface area contributed by atoms with Crippen LogP contribution in [0, 0.1) is 0 Å². The third-order valence-electron chi connectivity index (χ3n) is 4.35. The summed E-state index contributed by atoms with van der Waals surface area (Å²) in [6, 6.07) is 20.2. The van der Waals surface area contributed by atoms with Crippen LogP contribution in [0.2, 0.25) is 0 Å². The van der Waals surface area contributed by atoms with Crippen LogP contribution in [0.3, 0.4) is 0 Å². The lowest BCUT2D eigenvalue weighted by atomic mass is 9.99. The number of hydrogen-bond donors (Lipinski definition) is 1. The van der Waals surface area contributed by atoms with Crippen molar-refractivity contribution in [2.75, 3.05) is 32.8 Å². The average molecular weight is 324 g/mol. The van der Waals surface area contributed by atoms with Gasteiger partial charge in [-0.25, -0.2) is 0 Å². The number of carbonyl (C=O) groups excluding carboxylic acids is 1. The molecule has 2 aromatic rings. The van der Waals surface area contributed by atoms with Gasteiger partial charge in [-0.05, 0) is 36.6 Å². The molecular weight excluding hydrogens is 300 g/mol. The third-order valence-corrected chi connectivity index (χ3v) is 4.35. The molecule has 0 aliphatic carbocycles. The zero-order chi connectivity index (χ0) is 16.6. The largest absolute Gasteiger partial charge is 0.492 e. The van der Waals surface area contributed by atoms with E-state index >= 15 is 0 Å². The van der Waals surface area contributed by atoms with Crippen LogP contribution >= 0.6 is 0 Å². The highest BCUT2D eigenvalue weighted by atomic mass is 16.5. The molecule has 1 heterocycles. The predicted molar refractivity (Wildman–Crippen MR) is 95.2 cm³/mol. The van der Waals surface area contributed by atoms with E-state index in [0.29, 0.717) is 25.6 Å². The van der Waals surface area contributed by atoms with Crippen molar-refractivity contribution < 1.29 is 9.53 Å². The molecule has 2 aromatic carbocycles. The lowest BCUT2D eigenvalue weighted by Crippen LogP contribution is -2.37. The fraction of sp³-hybridized carbons (Fsp3) is 0.350. The predicted octanol–water partition coefficient (Wildman–Crippen LogP) is 2.67. The molecule has 4 heteroatoms. The monoisotopic (exact) mass is 324 g/mol. The fourth-order valence-corrected chi connectivity index (χ4v) is 3.11. The quantitative estimate of drug-likeness (QED) is 0.796. The highest BCUT2D eigenvalue weighted by molar-refractivity contribution is 5.78. The maximum Gasteiger partial charge on any atom is 0.234 e. The highest BCUT2D eigenvalue weighted by Gasteiger charge is 2.24. The smallest absolute Gasteiger partial charge is 0.234 e. The number of nitrogens with one attached hydrogen (secondary N) is 1. The molecule has 1 N–H and O–H groups in total. The number of carbonyl (C=O) groups is 1. The molecule has 1 aliphatic rings. The average Bonchev–Trinajstić information content (AvgIpc) is 3.09. The van der Waals surface area contributed by atoms with Gasteiger partial charge in [-0.15, -0.1) is 0 Å². The van der Waals surface area contributed by atoms with Crippen molar-refractivity contribution in [2.45, 2.75) is 12.3 Å². The summed E-state index contributed by atoms with van der Waals surface area (Å²) in [6.07, 6.45) is 1.12. The van der Waals surface area contributed by atoms with Crippen molar-refractivity contribution in [3.05, 3.63) is 66.2 Å². The summed E-state index contributed by atoms with van der Waals surface area (Å²) in [5.74, 6) is 1.44. The van der Waals surface area contributed by atoms with Gasteiger partial charge in [0.2, 0.25) is 5.91 Å². The van der Waals surface area contributed by atoms with Crippen LogP contribution in [0.15, 0.2) is 60.7 Å². The maximum atomic E-state index is 12.0. The van der Waals surface area contributed by atoms with Gasteiger partial charge in [0.15, 0.2) is 0 Å². The van der Waals surface area contributed by atoms with Crippen LogP contribution in [0.25, 0.3) is 0 Å². The van der Waals surface area contributed by atoms with Crippen molar-refractivity contribution >= 4 is 5.91 Å². The van der Waals surface area contributed by atoms with E-state index in [9.17, 15) is 4.79 Å². The summed E-state index contributed by atoms with van der Waals surface area (Å²) in [6.45, 7) is 3.42. The summed E-state index contributed by atoms with van der Waals surface area (Å²) in [5, 5.41) is 2.93. The van der Waals surface area contributed by atoms with E-state index < -0.39 is 0 Å². The molecule has 1 atom stereocenters. The first kappa shape index (κ1) is 16.5. The van der Waals surface area contributed by atoms with Crippen molar-refractivity contribution in [1.29, 1.82) is 0 Å². The second-order valence-electron chi connectivity index (χ2n) is 6.14. The van der Waals surface area contributed by atoms with E-state index in [1.54, 1.807) is 0 Å². The topological polar surface area (TPSA) is 41.6 Å². The zero-order valence-corrected chi connectivity index (χ0v) is 13.9. The normalized spacial score (nSPS) is 17.6. The number of hydrogen-bond acceptors (Lipinski definition) is 3. The molecule has 0 spiro atoms. The molecule has 0 bridgehead atoms. The Morgan fingerprint density at radius 2 is 1.79 bits per heavy atom. The Kier molecular flexibility index (Phi) is 5.85. The lowest BCUT2D eigenvalue weighted by molar-refractivity contribution is -0.122. The number of nitrogens with zero attached hydrogens (tertiary/aromatic N) is 1. The molecular formula is C20H24N2O2. The Morgan fingerprint density at radius 3 is 2.54 bits per heavy atom. The standard InChI is InChI=1S/C20H24N2O2/c23-20(21-12-14-24-19-9-5-2-6-10-19)16-22-13-11-18(15-22)17-7-3-1-4-8-17/h1-10,18H,11-16H2,(H,21,23)/t18-/m0/s1. The van der Waals surface area contributed by atoms with E-state index in [1.165, 1.54) is 5.56 Å². The lowest BCUT2D eigenvalue weighted by Gasteiger charge is -2.16. The molecule has 1 amide bonds. The molecule has 3 rings (SSSR count). The van der Waals surface area contributed by atoms with E-state index in [0.717, 1.165) is 25.3 Å². The molecule has 0 saturated carbocycles. The Morgan fingerprint density at radius 1 is 1.08 bits per heavy atom. The van der Waals surface area contributed by atoms with Crippen LogP contribution in [0.4, 0.5) is 0 Å². The number of para-hydroxylation sites is 1. The summed E-state index contributed by atoms with van der Waals surface area (Å²) in [5.41, 5.74) is 1.37. The molecule has 126 valence electrons. The summed E-state index contributed by atoms with van der Waals surface area (Å²) in [4.78, 5) is 14.3. The molecule has 4 nitrogen and oxygen atoms in total. The van der Waals surface area contributed by atoms with E-state index in [1.807, 2.05) is 36.4 Å². The van der Waals surface area contributed by atoms with Gasteiger partial charge in [-0.2, -0.15) is 0 Å². The Bertz CT molecular complexity index is 631. The summed E-state index contributed by atoms with van der Waals surface area (Å²) < 4.78 is 5.57. The first-order chi connectivity index (χ1) is 11.8. The zero-order valence-electron chi connectivity index (χ0n) is 13.9. The highest BCUT2D eigenvalue weighted by Crippen LogP contribution is 2.26. The van der Waals surface area contributed by atoms with E-state index in [2.05, 4.69) is 34.5 Å². The van der Waals surface area contributed by atoms with Gasteiger partial charge in [-0.3, -0.25) is 9.69 Å². The second-order valence-corrected chi connectivity index (χ2v) is 6.14. The van der Waals surface area contributed by atoms with Gasteiger partial charge >= 0.3 is 0 Å². The van der Waals surface area contributed by atoms with E-state index in [-0.39, 0.29) is 5.91 Å². The Hall–Kier alpha value is -2.33. The number of benzene rings is 2. The number of ether oxygens (including phenoxy) is 1. The van der Waals surface area contributed by atoms with Gasteiger partial charge in [-0.1, -0.05) is 48.5 Å². The third kappa shape index (κ3) is 4.83. The van der Waals surface area contributed by atoms with Gasteiger partial charge < -0.3 is 10.1 Å². The van der Waals surface area contributed by atoms with Crippen LogP contribution in [-0.2, 0) is 4.79 Å². The van der Waals surface area contributed by atoms with Crippen LogP contribution < -0.4 is 10.1 Å². The van der Waals surface area contributed by atoms with Crippen molar-refractivity contribution in [2.24, 2.45) is 0 Å². The number of likely N-dealkylation sites (tertiary alicyclic amines) is 1. The van der Waals surface area contributed by atoms with Gasteiger partial charge in [0, 0.05) is 6.54 Å². The number of amides is 1. The Labute approximate surface area is 143 Å². The fourth-order valence-electron chi connectivity index (χ4n) is 3.11. The van der Waals surface area contributed by atoms with Crippen molar-refractivity contribution in [1.82, 2.24) is 10.2 Å². The molecule has 24 heavy (non-hydrogen) atoms. The maximum absolute atomic E-state index is 12.0. The molecule has 1 fully saturated rings. The summed E-state index contributed by atoms with van der Waals surface area (Å²) in [7, 11) is 0. The van der Waals surface area contributed by atoms with Gasteiger partial charge in [0.1, 0.15) is 12.4 Å². The van der Waals surface area contributed by atoms with E-state index in [4.69, 9.17) is 4.74 Å². The first-order valence-electron chi connectivity index (χ1n) is 8.53. The van der Waals surface area contributed by atoms with Crippen molar-refractivity contribution in [3.8, 4) is 5.75 Å². The minimum Gasteiger partial charge on any atom is -0.492 e. The minimum atomic E-state index is 0.0698. The molecule has 0 unspecified atom stereocenters. The Balaban J connectivity index is 1.34.